The van der Waals surface area contributed by atoms with Crippen LogP contribution in [0.3, 0.4) is 0 Å². The molecule has 2 atom stereocenters. The average Bonchev–Trinajstić information content (AvgIpc) is 2.79. The predicted molar refractivity (Wildman–Crippen MR) is 113 cm³/mol. The Kier molecular flexibility index (Phi) is 8.70. The summed E-state index contributed by atoms with van der Waals surface area (Å²) in [4.78, 5) is 9.58. The molecule has 0 aliphatic carbocycles. The van der Waals surface area contributed by atoms with E-state index < -0.39 is 23.5 Å². The van der Waals surface area contributed by atoms with Crippen LogP contribution in [-0.4, -0.2) is 42.6 Å². The highest BCUT2D eigenvalue weighted by Crippen LogP contribution is 2.37. The molecular weight excluding hydrogens is 482 g/mol. The van der Waals surface area contributed by atoms with Crippen LogP contribution in [0.2, 0.25) is 0 Å². The number of pyridine rings is 1. The molecule has 1 saturated heterocycles. The molecule has 1 aliphatic heterocycles. The van der Waals surface area contributed by atoms with Crippen molar-refractivity contribution >= 4 is 0 Å². The number of halogens is 6. The Balaban J connectivity index is 1.65. The number of ether oxygens (including phenoxy) is 3. The van der Waals surface area contributed by atoms with Gasteiger partial charge in [-0.05, 0) is 44.0 Å². The molecule has 6 nitrogen and oxygen atoms in total. The van der Waals surface area contributed by atoms with Crippen LogP contribution in [0.4, 0.5) is 26.3 Å². The summed E-state index contributed by atoms with van der Waals surface area (Å²) in [6.45, 7) is 1.83. The van der Waals surface area contributed by atoms with Gasteiger partial charge >= 0.3 is 12.4 Å². The lowest BCUT2D eigenvalue weighted by Gasteiger charge is -2.38. The first-order valence-corrected chi connectivity index (χ1v) is 10.9. The van der Waals surface area contributed by atoms with Crippen LogP contribution in [0.15, 0.2) is 36.5 Å². The Morgan fingerprint density at radius 3 is 2.29 bits per heavy atom. The van der Waals surface area contributed by atoms with Crippen molar-refractivity contribution in [2.45, 2.75) is 57.0 Å². The van der Waals surface area contributed by atoms with E-state index in [1.54, 1.807) is 5.06 Å². The summed E-state index contributed by atoms with van der Waals surface area (Å²) >= 11 is 0. The van der Waals surface area contributed by atoms with Crippen molar-refractivity contribution in [2.75, 3.05) is 20.5 Å². The summed E-state index contributed by atoms with van der Waals surface area (Å²) < 4.78 is 93.2. The molecule has 1 fully saturated rings. The largest absolute Gasteiger partial charge is 0.490 e. The zero-order chi connectivity index (χ0) is 25.6. The zero-order valence-electron chi connectivity index (χ0n) is 19.2. The van der Waals surface area contributed by atoms with Gasteiger partial charge in [-0.25, -0.2) is 4.98 Å². The quantitative estimate of drug-likeness (QED) is 0.301. The maximum absolute atomic E-state index is 13.0. The van der Waals surface area contributed by atoms with Gasteiger partial charge in [-0.15, -0.1) is 5.06 Å². The molecule has 1 aromatic heterocycles. The van der Waals surface area contributed by atoms with Crippen molar-refractivity contribution in [3.05, 3.63) is 47.7 Å². The van der Waals surface area contributed by atoms with E-state index in [-0.39, 0.29) is 42.9 Å². The smallest absolute Gasteiger partial charge is 0.417 e. The van der Waals surface area contributed by atoms with Gasteiger partial charge in [0.25, 0.3) is 0 Å². The number of nitrogens with zero attached hydrogens (tertiary/aromatic N) is 2. The lowest BCUT2D eigenvalue weighted by Crippen LogP contribution is -2.48. The second-order valence-electron chi connectivity index (χ2n) is 8.12. The van der Waals surface area contributed by atoms with E-state index in [1.807, 2.05) is 6.92 Å². The maximum Gasteiger partial charge on any atom is 0.417 e. The van der Waals surface area contributed by atoms with Gasteiger partial charge in [-0.1, -0.05) is 6.42 Å². The molecule has 12 heteroatoms. The van der Waals surface area contributed by atoms with Crippen LogP contribution >= 0.6 is 0 Å². The molecular formula is C23H26F6N2O4. The fraction of sp³-hybridized carbons (Fsp3) is 0.522. The highest BCUT2D eigenvalue weighted by atomic mass is 19.4. The number of hydrogen-bond donors (Lipinski definition) is 0. The molecule has 0 saturated carbocycles. The van der Waals surface area contributed by atoms with Gasteiger partial charge in [0.1, 0.15) is 0 Å². The summed E-state index contributed by atoms with van der Waals surface area (Å²) in [6, 6.07) is 4.86. The molecule has 2 aromatic rings. The molecule has 0 amide bonds. The molecule has 194 valence electrons. The van der Waals surface area contributed by atoms with Crippen LogP contribution in [0.1, 0.15) is 43.7 Å². The Hall–Kier alpha value is -2.73. The van der Waals surface area contributed by atoms with Crippen molar-refractivity contribution in [1.29, 1.82) is 0 Å². The van der Waals surface area contributed by atoms with E-state index >= 15 is 0 Å². The lowest BCUT2D eigenvalue weighted by molar-refractivity contribution is -0.151. The number of methoxy groups -OCH3 is 1. The standard InChI is InChI=1S/C23H26F6N2O4/c1-15-4-3-5-18(31(15)35-21-9-7-17(13-30-21)23(27,28)29)10-11-33-19-8-6-16(22(24,25)26)12-20(19)34-14-32-2/h6-9,12-13,15,18H,3-5,10-11,14H2,1-2H3/t15-,18-/m1/s1. The van der Waals surface area contributed by atoms with Crippen LogP contribution in [0.5, 0.6) is 17.4 Å². The molecule has 0 spiro atoms. The van der Waals surface area contributed by atoms with Crippen molar-refractivity contribution in [2.24, 2.45) is 0 Å². The first-order chi connectivity index (χ1) is 16.5. The third-order valence-electron chi connectivity index (χ3n) is 5.53. The van der Waals surface area contributed by atoms with Crippen LogP contribution in [0, 0.1) is 0 Å². The minimum atomic E-state index is -4.54. The summed E-state index contributed by atoms with van der Waals surface area (Å²) in [7, 11) is 1.35. The molecule has 2 heterocycles. The van der Waals surface area contributed by atoms with Gasteiger partial charge in [0, 0.05) is 37.9 Å². The van der Waals surface area contributed by atoms with Crippen LogP contribution in [-0.2, 0) is 17.1 Å². The highest BCUT2D eigenvalue weighted by molar-refractivity contribution is 5.43. The average molecular weight is 508 g/mol. The minimum absolute atomic E-state index is 0.0236. The Morgan fingerprint density at radius 1 is 0.943 bits per heavy atom. The Labute approximate surface area is 198 Å². The normalized spacial score (nSPS) is 19.4. The Morgan fingerprint density at radius 2 is 1.66 bits per heavy atom. The van der Waals surface area contributed by atoms with Crippen molar-refractivity contribution in [1.82, 2.24) is 10.0 Å². The second kappa shape index (κ2) is 11.3. The van der Waals surface area contributed by atoms with E-state index in [1.165, 1.54) is 19.2 Å². The number of alkyl halides is 6. The molecule has 35 heavy (non-hydrogen) atoms. The van der Waals surface area contributed by atoms with Crippen molar-refractivity contribution < 1.29 is 45.4 Å². The van der Waals surface area contributed by atoms with Crippen LogP contribution in [0.25, 0.3) is 0 Å². The molecule has 1 aromatic carbocycles. The summed E-state index contributed by atoms with van der Waals surface area (Å²) in [5.74, 6) is 0.0761. The fourth-order valence-electron chi connectivity index (χ4n) is 3.75. The third kappa shape index (κ3) is 7.38. The zero-order valence-corrected chi connectivity index (χ0v) is 19.2. The van der Waals surface area contributed by atoms with Gasteiger partial charge in [-0.2, -0.15) is 26.3 Å². The Bertz CT molecular complexity index is 953. The highest BCUT2D eigenvalue weighted by Gasteiger charge is 2.33. The van der Waals surface area contributed by atoms with E-state index in [0.29, 0.717) is 12.6 Å². The number of hydroxylamine groups is 2. The molecule has 3 rings (SSSR count). The second-order valence-corrected chi connectivity index (χ2v) is 8.12. The number of hydrogen-bond acceptors (Lipinski definition) is 6. The predicted octanol–water partition coefficient (Wildman–Crippen LogP) is 6.11. The van der Waals surface area contributed by atoms with E-state index in [2.05, 4.69) is 4.98 Å². The minimum Gasteiger partial charge on any atom is -0.490 e. The van der Waals surface area contributed by atoms with E-state index in [0.717, 1.165) is 37.5 Å². The number of aromatic nitrogens is 1. The molecule has 0 radical (unpaired) electrons. The van der Waals surface area contributed by atoms with Gasteiger partial charge in [0.2, 0.25) is 5.88 Å². The number of piperidine rings is 1. The maximum atomic E-state index is 13.0. The monoisotopic (exact) mass is 508 g/mol. The summed E-state index contributed by atoms with van der Waals surface area (Å²) in [6.07, 6.45) is -5.38. The first kappa shape index (κ1) is 26.9. The molecule has 0 unspecified atom stereocenters. The van der Waals surface area contributed by atoms with Gasteiger partial charge in [-0.3, -0.25) is 0 Å². The lowest BCUT2D eigenvalue weighted by atomic mass is 9.97. The fourth-order valence-corrected chi connectivity index (χ4v) is 3.75. The first-order valence-electron chi connectivity index (χ1n) is 10.9. The van der Waals surface area contributed by atoms with Crippen molar-refractivity contribution in [3.63, 3.8) is 0 Å². The molecule has 0 bridgehead atoms. The third-order valence-corrected chi connectivity index (χ3v) is 5.53. The SMILES string of the molecule is COCOc1cc(C(F)(F)F)ccc1OCC[C@H]1CCC[C@@H](C)N1Oc1ccc(C(F)(F)F)cn1. The number of rotatable bonds is 9. The molecule has 0 N–H and O–H groups in total. The van der Waals surface area contributed by atoms with Gasteiger partial charge in [0.05, 0.1) is 17.7 Å². The summed E-state index contributed by atoms with van der Waals surface area (Å²) in [5.41, 5.74) is -1.75. The van der Waals surface area contributed by atoms with Gasteiger partial charge < -0.3 is 19.0 Å². The van der Waals surface area contributed by atoms with Crippen LogP contribution < -0.4 is 14.3 Å². The van der Waals surface area contributed by atoms with Crippen molar-refractivity contribution in [3.8, 4) is 17.4 Å². The number of benzene rings is 1. The topological polar surface area (TPSA) is 53.0 Å². The summed E-state index contributed by atoms with van der Waals surface area (Å²) in [5, 5.41) is 1.69. The van der Waals surface area contributed by atoms with E-state index in [4.69, 9.17) is 19.0 Å². The molecule has 1 aliphatic rings. The van der Waals surface area contributed by atoms with Gasteiger partial charge in [0.15, 0.2) is 18.3 Å². The van der Waals surface area contributed by atoms with E-state index in [9.17, 15) is 26.3 Å².